The maximum absolute atomic E-state index is 11.3. The van der Waals surface area contributed by atoms with Crippen molar-refractivity contribution in [3.63, 3.8) is 0 Å². The molecule has 0 fully saturated rings. The summed E-state index contributed by atoms with van der Waals surface area (Å²) < 4.78 is 4.70. The molecule has 0 bridgehead atoms. The van der Waals surface area contributed by atoms with Gasteiger partial charge in [0.15, 0.2) is 0 Å². The summed E-state index contributed by atoms with van der Waals surface area (Å²) >= 11 is 0. The molecule has 0 atom stereocenters. The smallest absolute Gasteiger partial charge is 0.337 e. The largest absolute Gasteiger partial charge is 0.465 e. The lowest BCUT2D eigenvalue weighted by Gasteiger charge is -2.07. The zero-order valence-corrected chi connectivity index (χ0v) is 8.88. The van der Waals surface area contributed by atoms with E-state index in [1.807, 2.05) is 18.2 Å². The Balaban J connectivity index is 2.31. The minimum atomic E-state index is -0.255. The fourth-order valence-electron chi connectivity index (χ4n) is 1.90. The number of carbonyl (C=O) groups is 1. The molecule has 1 N–H and O–H groups in total. The number of fused-ring (bicyclic) bond motifs is 1. The summed E-state index contributed by atoms with van der Waals surface area (Å²) in [6.45, 7) is 1.94. The standard InChI is InChI=1S/C12H15NO2/c1-15-12(14)10-4-5-11-8-13-6-2-3-9(11)7-10/h4-5,7,13H,2-3,6,8H2,1H3. The van der Waals surface area contributed by atoms with E-state index < -0.39 is 0 Å². The maximum Gasteiger partial charge on any atom is 0.337 e. The Morgan fingerprint density at radius 1 is 1.40 bits per heavy atom. The number of rotatable bonds is 1. The lowest BCUT2D eigenvalue weighted by molar-refractivity contribution is 0.0600. The van der Waals surface area contributed by atoms with Gasteiger partial charge < -0.3 is 10.1 Å². The lowest BCUT2D eigenvalue weighted by atomic mass is 10.0. The summed E-state index contributed by atoms with van der Waals surface area (Å²) in [6.07, 6.45) is 2.16. The number of carbonyl (C=O) groups excluding carboxylic acids is 1. The first-order valence-electron chi connectivity index (χ1n) is 5.22. The summed E-state index contributed by atoms with van der Waals surface area (Å²) in [6, 6.07) is 5.80. The predicted molar refractivity (Wildman–Crippen MR) is 57.8 cm³/mol. The maximum atomic E-state index is 11.3. The Morgan fingerprint density at radius 2 is 2.27 bits per heavy atom. The molecule has 0 unspecified atom stereocenters. The number of nitrogens with one attached hydrogen (secondary N) is 1. The van der Waals surface area contributed by atoms with Crippen LogP contribution in [0.3, 0.4) is 0 Å². The van der Waals surface area contributed by atoms with Gasteiger partial charge >= 0.3 is 5.97 Å². The van der Waals surface area contributed by atoms with E-state index in [1.54, 1.807) is 0 Å². The van der Waals surface area contributed by atoms with Crippen molar-refractivity contribution in [1.82, 2.24) is 5.32 Å². The van der Waals surface area contributed by atoms with Gasteiger partial charge in [-0.15, -0.1) is 0 Å². The quantitative estimate of drug-likeness (QED) is 0.706. The second-order valence-corrected chi connectivity index (χ2v) is 3.76. The van der Waals surface area contributed by atoms with Gasteiger partial charge in [0.2, 0.25) is 0 Å². The molecule has 15 heavy (non-hydrogen) atoms. The molecule has 1 aromatic rings. The van der Waals surface area contributed by atoms with Crippen molar-refractivity contribution in [2.75, 3.05) is 13.7 Å². The zero-order valence-electron chi connectivity index (χ0n) is 8.88. The zero-order chi connectivity index (χ0) is 10.7. The number of benzene rings is 1. The normalized spacial score (nSPS) is 15.3. The fraction of sp³-hybridized carbons (Fsp3) is 0.417. The van der Waals surface area contributed by atoms with Gasteiger partial charge in [-0.1, -0.05) is 6.07 Å². The van der Waals surface area contributed by atoms with Crippen LogP contribution in [0.15, 0.2) is 18.2 Å². The van der Waals surface area contributed by atoms with Crippen LogP contribution in [0.2, 0.25) is 0 Å². The minimum Gasteiger partial charge on any atom is -0.465 e. The molecule has 3 heteroatoms. The average molecular weight is 205 g/mol. The molecule has 1 heterocycles. The van der Waals surface area contributed by atoms with E-state index in [2.05, 4.69) is 5.32 Å². The van der Waals surface area contributed by atoms with Crippen LogP contribution in [0.25, 0.3) is 0 Å². The summed E-state index contributed by atoms with van der Waals surface area (Å²) in [5.41, 5.74) is 3.21. The molecule has 0 aliphatic carbocycles. The van der Waals surface area contributed by atoms with Gasteiger partial charge in [-0.25, -0.2) is 4.79 Å². The predicted octanol–water partition coefficient (Wildman–Crippen LogP) is 1.51. The number of hydrogen-bond acceptors (Lipinski definition) is 3. The molecular weight excluding hydrogens is 190 g/mol. The van der Waals surface area contributed by atoms with Crippen LogP contribution >= 0.6 is 0 Å². The lowest BCUT2D eigenvalue weighted by Crippen LogP contribution is -2.12. The van der Waals surface area contributed by atoms with E-state index in [4.69, 9.17) is 4.74 Å². The fourth-order valence-corrected chi connectivity index (χ4v) is 1.90. The Labute approximate surface area is 89.4 Å². The second kappa shape index (κ2) is 4.45. The van der Waals surface area contributed by atoms with Crippen LogP contribution in [-0.4, -0.2) is 19.6 Å². The van der Waals surface area contributed by atoms with Crippen LogP contribution in [0.5, 0.6) is 0 Å². The molecular formula is C12H15NO2. The number of esters is 1. The van der Waals surface area contributed by atoms with E-state index in [1.165, 1.54) is 18.2 Å². The van der Waals surface area contributed by atoms with Gasteiger partial charge in [-0.05, 0) is 42.6 Å². The van der Waals surface area contributed by atoms with Crippen LogP contribution in [0.1, 0.15) is 27.9 Å². The molecule has 0 aromatic heterocycles. The average Bonchev–Trinajstić information content (AvgIpc) is 2.51. The number of ether oxygens (including phenoxy) is 1. The van der Waals surface area contributed by atoms with Gasteiger partial charge in [0, 0.05) is 6.54 Å². The molecule has 3 nitrogen and oxygen atoms in total. The van der Waals surface area contributed by atoms with Crippen molar-refractivity contribution in [2.24, 2.45) is 0 Å². The first-order chi connectivity index (χ1) is 7.31. The van der Waals surface area contributed by atoms with Crippen molar-refractivity contribution < 1.29 is 9.53 Å². The SMILES string of the molecule is COC(=O)c1ccc2c(c1)CCCNC2. The van der Waals surface area contributed by atoms with E-state index >= 15 is 0 Å². The summed E-state index contributed by atoms with van der Waals surface area (Å²) in [5, 5.41) is 3.35. The van der Waals surface area contributed by atoms with Crippen molar-refractivity contribution in [2.45, 2.75) is 19.4 Å². The molecule has 0 saturated carbocycles. The Bertz CT molecular complexity index is 374. The van der Waals surface area contributed by atoms with Crippen LogP contribution < -0.4 is 5.32 Å². The summed E-state index contributed by atoms with van der Waals surface area (Å²) in [5.74, 6) is -0.255. The first kappa shape index (κ1) is 10.2. The summed E-state index contributed by atoms with van der Waals surface area (Å²) in [7, 11) is 1.41. The molecule has 1 aromatic carbocycles. The molecule has 0 radical (unpaired) electrons. The van der Waals surface area contributed by atoms with Gasteiger partial charge in [0.05, 0.1) is 12.7 Å². The highest BCUT2D eigenvalue weighted by atomic mass is 16.5. The molecule has 0 amide bonds. The van der Waals surface area contributed by atoms with Gasteiger partial charge in [0.1, 0.15) is 0 Å². The number of hydrogen-bond donors (Lipinski definition) is 1. The molecule has 0 spiro atoms. The van der Waals surface area contributed by atoms with Crippen LogP contribution in [0, 0.1) is 0 Å². The van der Waals surface area contributed by atoms with Crippen LogP contribution in [0.4, 0.5) is 0 Å². The Hall–Kier alpha value is -1.35. The first-order valence-corrected chi connectivity index (χ1v) is 5.22. The molecule has 1 aliphatic rings. The highest BCUT2D eigenvalue weighted by Gasteiger charge is 2.11. The van der Waals surface area contributed by atoms with E-state index in [-0.39, 0.29) is 5.97 Å². The van der Waals surface area contributed by atoms with Gasteiger partial charge in [0.25, 0.3) is 0 Å². The molecule has 0 saturated heterocycles. The second-order valence-electron chi connectivity index (χ2n) is 3.76. The Kier molecular flexibility index (Phi) is 3.02. The number of aryl methyl sites for hydroxylation is 1. The van der Waals surface area contributed by atoms with Crippen molar-refractivity contribution in [3.8, 4) is 0 Å². The highest BCUT2D eigenvalue weighted by molar-refractivity contribution is 5.89. The highest BCUT2D eigenvalue weighted by Crippen LogP contribution is 2.16. The summed E-state index contributed by atoms with van der Waals surface area (Å²) in [4.78, 5) is 11.3. The van der Waals surface area contributed by atoms with E-state index in [0.717, 1.165) is 25.9 Å². The molecule has 80 valence electrons. The van der Waals surface area contributed by atoms with Crippen molar-refractivity contribution >= 4 is 5.97 Å². The monoisotopic (exact) mass is 205 g/mol. The van der Waals surface area contributed by atoms with E-state index in [0.29, 0.717) is 5.56 Å². The van der Waals surface area contributed by atoms with Crippen LogP contribution in [-0.2, 0) is 17.7 Å². The molecule has 1 aliphatic heterocycles. The van der Waals surface area contributed by atoms with Crippen molar-refractivity contribution in [1.29, 1.82) is 0 Å². The topological polar surface area (TPSA) is 38.3 Å². The third kappa shape index (κ3) is 2.18. The minimum absolute atomic E-state index is 0.255. The molecule has 2 rings (SSSR count). The van der Waals surface area contributed by atoms with E-state index in [9.17, 15) is 4.79 Å². The van der Waals surface area contributed by atoms with Crippen molar-refractivity contribution in [3.05, 3.63) is 34.9 Å². The van der Waals surface area contributed by atoms with Gasteiger partial charge in [-0.3, -0.25) is 0 Å². The van der Waals surface area contributed by atoms with Gasteiger partial charge in [-0.2, -0.15) is 0 Å². The Morgan fingerprint density at radius 3 is 3.07 bits per heavy atom. The number of methoxy groups -OCH3 is 1. The third-order valence-corrected chi connectivity index (χ3v) is 2.74. The third-order valence-electron chi connectivity index (χ3n) is 2.74.